The summed E-state index contributed by atoms with van der Waals surface area (Å²) in [6.07, 6.45) is 2.90. The number of nitrogens with zero attached hydrogens (tertiary/aromatic N) is 1. The summed E-state index contributed by atoms with van der Waals surface area (Å²) in [5.41, 5.74) is 0.961. The summed E-state index contributed by atoms with van der Waals surface area (Å²) in [6, 6.07) is 0. The van der Waals surface area contributed by atoms with E-state index in [-0.39, 0.29) is 0 Å². The average molecular weight is 153 g/mol. The van der Waals surface area contributed by atoms with Crippen molar-refractivity contribution in [1.82, 2.24) is 4.90 Å². The van der Waals surface area contributed by atoms with Gasteiger partial charge in [0.1, 0.15) is 0 Å². The van der Waals surface area contributed by atoms with Gasteiger partial charge in [-0.3, -0.25) is 4.90 Å². The predicted molar refractivity (Wildman–Crippen MR) is 47.6 cm³/mol. The smallest absolute Gasteiger partial charge is 0.0193 e. The Bertz CT molecular complexity index is 172. The van der Waals surface area contributed by atoms with Gasteiger partial charge < -0.3 is 0 Å². The van der Waals surface area contributed by atoms with Crippen molar-refractivity contribution in [1.29, 1.82) is 0 Å². The fourth-order valence-corrected chi connectivity index (χ4v) is 3.10. The van der Waals surface area contributed by atoms with Gasteiger partial charge in [0, 0.05) is 17.6 Å². The van der Waals surface area contributed by atoms with E-state index in [1.165, 1.54) is 19.4 Å². The number of hydrogen-bond acceptors (Lipinski definition) is 1. The molecule has 0 aromatic heterocycles. The first kappa shape index (κ1) is 7.60. The third-order valence-corrected chi connectivity index (χ3v) is 3.36. The lowest BCUT2D eigenvalue weighted by Gasteiger charge is -2.45. The third-order valence-electron chi connectivity index (χ3n) is 3.36. The number of fused-ring (bicyclic) bond motifs is 1. The fourth-order valence-electron chi connectivity index (χ4n) is 3.10. The van der Waals surface area contributed by atoms with Crippen LogP contribution in [0.25, 0.3) is 0 Å². The van der Waals surface area contributed by atoms with Gasteiger partial charge in [0.15, 0.2) is 0 Å². The van der Waals surface area contributed by atoms with E-state index in [9.17, 15) is 0 Å². The highest BCUT2D eigenvalue weighted by atomic mass is 15.3. The predicted octanol–water partition coefficient (Wildman–Crippen LogP) is 2.27. The maximum absolute atomic E-state index is 2.69. The second-order valence-corrected chi connectivity index (χ2v) is 5.55. The van der Waals surface area contributed by atoms with Crippen molar-refractivity contribution < 1.29 is 0 Å². The first-order valence-corrected chi connectivity index (χ1v) is 4.70. The van der Waals surface area contributed by atoms with Crippen molar-refractivity contribution in [3.63, 3.8) is 0 Å². The molecule has 1 aliphatic carbocycles. The van der Waals surface area contributed by atoms with Crippen LogP contribution in [0, 0.1) is 5.92 Å². The van der Waals surface area contributed by atoms with Crippen LogP contribution in [0.2, 0.25) is 0 Å². The molecule has 3 fully saturated rings. The zero-order valence-corrected chi connectivity index (χ0v) is 8.15. The second kappa shape index (κ2) is 1.82. The van der Waals surface area contributed by atoms with Gasteiger partial charge >= 0.3 is 0 Å². The van der Waals surface area contributed by atoms with E-state index in [1.807, 2.05) is 0 Å². The van der Waals surface area contributed by atoms with Crippen LogP contribution in [-0.2, 0) is 0 Å². The highest BCUT2D eigenvalue weighted by Gasteiger charge is 2.55. The fraction of sp³-hybridized carbons (Fsp3) is 1.00. The SMILES string of the molecule is CC(C)(C)N1CC2CC1(C)C2. The van der Waals surface area contributed by atoms with Gasteiger partial charge in [-0.25, -0.2) is 0 Å². The molecular formula is C10H19N. The van der Waals surface area contributed by atoms with E-state index in [0.717, 1.165) is 5.92 Å². The van der Waals surface area contributed by atoms with E-state index < -0.39 is 0 Å². The Kier molecular flexibility index (Phi) is 1.26. The normalized spacial score (nSPS) is 44.2. The molecule has 64 valence electrons. The molecule has 3 rings (SSSR count). The summed E-state index contributed by atoms with van der Waals surface area (Å²) < 4.78 is 0. The molecule has 0 amide bonds. The average Bonchev–Trinajstić information content (AvgIpc) is 2.14. The van der Waals surface area contributed by atoms with Crippen molar-refractivity contribution in [2.45, 2.75) is 51.6 Å². The monoisotopic (exact) mass is 153 g/mol. The van der Waals surface area contributed by atoms with Crippen LogP contribution in [0.4, 0.5) is 0 Å². The number of hydrogen-bond donors (Lipinski definition) is 0. The van der Waals surface area contributed by atoms with Gasteiger partial charge in [0.05, 0.1) is 0 Å². The Morgan fingerprint density at radius 1 is 1.27 bits per heavy atom. The Balaban J connectivity index is 2.18. The minimum absolute atomic E-state index is 0.389. The van der Waals surface area contributed by atoms with Crippen LogP contribution in [-0.4, -0.2) is 22.5 Å². The molecule has 0 atom stereocenters. The molecule has 2 heterocycles. The molecule has 1 saturated carbocycles. The first-order valence-electron chi connectivity index (χ1n) is 4.70. The van der Waals surface area contributed by atoms with Gasteiger partial charge in [-0.15, -0.1) is 0 Å². The molecular weight excluding hydrogens is 134 g/mol. The topological polar surface area (TPSA) is 3.24 Å². The molecule has 2 saturated heterocycles. The van der Waals surface area contributed by atoms with E-state index in [4.69, 9.17) is 0 Å². The Hall–Kier alpha value is -0.0400. The summed E-state index contributed by atoms with van der Waals surface area (Å²) in [6.45, 7) is 10.8. The summed E-state index contributed by atoms with van der Waals surface area (Å²) in [5, 5.41) is 0. The molecule has 0 spiro atoms. The Morgan fingerprint density at radius 3 is 2.00 bits per heavy atom. The van der Waals surface area contributed by atoms with Gasteiger partial charge in [-0.05, 0) is 46.5 Å². The molecule has 0 unspecified atom stereocenters. The molecule has 1 nitrogen and oxygen atoms in total. The third kappa shape index (κ3) is 0.936. The Morgan fingerprint density at radius 2 is 1.82 bits per heavy atom. The minimum Gasteiger partial charge on any atom is -0.293 e. The van der Waals surface area contributed by atoms with Crippen LogP contribution >= 0.6 is 0 Å². The highest BCUT2D eigenvalue weighted by Crippen LogP contribution is 2.52. The second-order valence-electron chi connectivity index (χ2n) is 5.55. The lowest BCUT2D eigenvalue weighted by molar-refractivity contribution is 0.0513. The summed E-state index contributed by atoms with van der Waals surface area (Å²) in [4.78, 5) is 2.69. The zero-order valence-electron chi connectivity index (χ0n) is 8.15. The molecule has 0 aromatic rings. The van der Waals surface area contributed by atoms with Crippen molar-refractivity contribution in [3.05, 3.63) is 0 Å². The van der Waals surface area contributed by atoms with Crippen LogP contribution in [0.15, 0.2) is 0 Å². The van der Waals surface area contributed by atoms with E-state index in [1.54, 1.807) is 0 Å². The van der Waals surface area contributed by atoms with Gasteiger partial charge in [0.2, 0.25) is 0 Å². The highest BCUT2D eigenvalue weighted by molar-refractivity contribution is 5.10. The van der Waals surface area contributed by atoms with E-state index in [0.29, 0.717) is 11.1 Å². The van der Waals surface area contributed by atoms with E-state index >= 15 is 0 Å². The van der Waals surface area contributed by atoms with Crippen molar-refractivity contribution in [2.75, 3.05) is 6.54 Å². The first-order chi connectivity index (χ1) is 4.92. The Labute approximate surface area is 69.8 Å². The lowest BCUT2D eigenvalue weighted by Crippen LogP contribution is -2.51. The van der Waals surface area contributed by atoms with Gasteiger partial charge in [0.25, 0.3) is 0 Å². The molecule has 0 radical (unpaired) electrons. The van der Waals surface area contributed by atoms with E-state index in [2.05, 4.69) is 32.6 Å². The molecule has 11 heavy (non-hydrogen) atoms. The molecule has 0 aromatic carbocycles. The molecule has 0 N–H and O–H groups in total. The maximum Gasteiger partial charge on any atom is 0.0193 e. The van der Waals surface area contributed by atoms with Crippen LogP contribution in [0.1, 0.15) is 40.5 Å². The van der Waals surface area contributed by atoms with Crippen LogP contribution in [0.5, 0.6) is 0 Å². The zero-order chi connectivity index (χ0) is 8.28. The molecule has 2 aliphatic heterocycles. The summed E-state index contributed by atoms with van der Waals surface area (Å²) in [7, 11) is 0. The van der Waals surface area contributed by atoms with Crippen molar-refractivity contribution in [3.8, 4) is 0 Å². The minimum atomic E-state index is 0.389. The lowest BCUT2D eigenvalue weighted by atomic mass is 9.74. The molecule has 2 bridgehead atoms. The number of rotatable bonds is 0. The summed E-state index contributed by atoms with van der Waals surface area (Å²) in [5.74, 6) is 1.03. The summed E-state index contributed by atoms with van der Waals surface area (Å²) >= 11 is 0. The quantitative estimate of drug-likeness (QED) is 0.516. The maximum atomic E-state index is 2.69. The molecule has 1 heteroatoms. The largest absolute Gasteiger partial charge is 0.293 e. The van der Waals surface area contributed by atoms with Crippen LogP contribution in [0.3, 0.4) is 0 Å². The van der Waals surface area contributed by atoms with Crippen LogP contribution < -0.4 is 0 Å². The van der Waals surface area contributed by atoms with Gasteiger partial charge in [-0.2, -0.15) is 0 Å². The molecule has 3 aliphatic rings. The van der Waals surface area contributed by atoms with Crippen molar-refractivity contribution in [2.24, 2.45) is 5.92 Å². The van der Waals surface area contributed by atoms with Gasteiger partial charge in [-0.1, -0.05) is 0 Å². The standard InChI is InChI=1S/C10H19N/c1-9(2,3)11-7-8-5-10(11,4)6-8/h8H,5-7H2,1-4H3. The van der Waals surface area contributed by atoms with Crippen molar-refractivity contribution >= 4 is 0 Å².